The van der Waals surface area contributed by atoms with Gasteiger partial charge in [-0.1, -0.05) is 12.1 Å². The highest BCUT2D eigenvalue weighted by molar-refractivity contribution is 7.98. The summed E-state index contributed by atoms with van der Waals surface area (Å²) < 4.78 is 15.0. The molecule has 0 saturated carbocycles. The molecule has 0 atom stereocenters. The lowest BCUT2D eigenvalue weighted by Gasteiger charge is -2.14. The van der Waals surface area contributed by atoms with Crippen molar-refractivity contribution in [3.63, 3.8) is 0 Å². The van der Waals surface area contributed by atoms with Crippen LogP contribution in [0.1, 0.15) is 24.8 Å². The minimum Gasteiger partial charge on any atom is -0.355 e. The predicted octanol–water partition coefficient (Wildman–Crippen LogP) is 4.07. The second-order valence-electron chi connectivity index (χ2n) is 7.66. The average Bonchev–Trinajstić information content (AvgIpc) is 3.41. The van der Waals surface area contributed by atoms with Crippen molar-refractivity contribution in [2.75, 3.05) is 26.2 Å². The third kappa shape index (κ3) is 5.40. The molecule has 158 valence electrons. The van der Waals surface area contributed by atoms with Crippen molar-refractivity contribution in [3.05, 3.63) is 60.2 Å². The number of hydrogen-bond acceptors (Lipinski definition) is 4. The standard InChI is InChI=1S/C23H27FN4OS/c24-19-6-4-18(5-7-19)17-30-23-20-9-15-28(21(20)8-11-26-23)16-22(29)25-10-3-14-27-12-1-2-13-27/h4-9,11,15H,1-3,10,12-14,16-17H2,(H,25,29). The number of amides is 1. The summed E-state index contributed by atoms with van der Waals surface area (Å²) in [6.07, 6.45) is 7.31. The van der Waals surface area contributed by atoms with Crippen molar-refractivity contribution in [2.45, 2.75) is 36.6 Å². The molecule has 1 aromatic carbocycles. The number of thioether (sulfide) groups is 1. The number of nitrogens with zero attached hydrogens (tertiary/aromatic N) is 3. The molecule has 0 spiro atoms. The highest BCUT2D eigenvalue weighted by Gasteiger charge is 2.12. The van der Waals surface area contributed by atoms with Crippen LogP contribution in [0.2, 0.25) is 0 Å². The van der Waals surface area contributed by atoms with Crippen LogP contribution in [0.4, 0.5) is 4.39 Å². The number of nitrogens with one attached hydrogen (secondary N) is 1. The maximum atomic E-state index is 13.1. The Morgan fingerprint density at radius 2 is 1.93 bits per heavy atom. The van der Waals surface area contributed by atoms with E-state index in [0.717, 1.165) is 46.8 Å². The maximum Gasteiger partial charge on any atom is 0.239 e. The molecule has 1 aliphatic rings. The molecule has 7 heteroatoms. The van der Waals surface area contributed by atoms with Crippen molar-refractivity contribution in [2.24, 2.45) is 0 Å². The first-order chi connectivity index (χ1) is 14.7. The van der Waals surface area contributed by atoms with Crippen LogP contribution in [0.5, 0.6) is 0 Å². The third-order valence-corrected chi connectivity index (χ3v) is 6.51. The smallest absolute Gasteiger partial charge is 0.239 e. The Bertz CT molecular complexity index is 983. The van der Waals surface area contributed by atoms with E-state index in [2.05, 4.69) is 15.2 Å². The normalized spacial score (nSPS) is 14.4. The van der Waals surface area contributed by atoms with Gasteiger partial charge in [-0.25, -0.2) is 9.37 Å². The zero-order chi connectivity index (χ0) is 20.8. The lowest BCUT2D eigenvalue weighted by molar-refractivity contribution is -0.121. The van der Waals surface area contributed by atoms with Crippen molar-refractivity contribution in [1.29, 1.82) is 0 Å². The third-order valence-electron chi connectivity index (χ3n) is 5.44. The Hall–Kier alpha value is -2.38. The molecule has 5 nitrogen and oxygen atoms in total. The predicted molar refractivity (Wildman–Crippen MR) is 119 cm³/mol. The van der Waals surface area contributed by atoms with E-state index in [1.165, 1.54) is 38.1 Å². The van der Waals surface area contributed by atoms with Crippen LogP contribution in [0.3, 0.4) is 0 Å². The van der Waals surface area contributed by atoms with Crippen LogP contribution in [-0.4, -0.2) is 46.5 Å². The number of fused-ring (bicyclic) bond motifs is 1. The fourth-order valence-corrected chi connectivity index (χ4v) is 4.79. The van der Waals surface area contributed by atoms with Gasteiger partial charge in [-0.3, -0.25) is 4.79 Å². The molecule has 4 rings (SSSR count). The molecule has 0 aliphatic carbocycles. The Morgan fingerprint density at radius 1 is 1.13 bits per heavy atom. The van der Waals surface area contributed by atoms with E-state index in [9.17, 15) is 9.18 Å². The fraction of sp³-hybridized carbons (Fsp3) is 0.391. The lowest BCUT2D eigenvalue weighted by atomic mass is 10.2. The molecule has 1 fully saturated rings. The summed E-state index contributed by atoms with van der Waals surface area (Å²) >= 11 is 1.62. The average molecular weight is 427 g/mol. The lowest BCUT2D eigenvalue weighted by Crippen LogP contribution is -2.30. The van der Waals surface area contributed by atoms with Crippen LogP contribution >= 0.6 is 11.8 Å². The van der Waals surface area contributed by atoms with Gasteiger partial charge in [0.15, 0.2) is 0 Å². The number of rotatable bonds is 9. The fourth-order valence-electron chi connectivity index (χ4n) is 3.83. The maximum absolute atomic E-state index is 13.1. The van der Waals surface area contributed by atoms with E-state index in [-0.39, 0.29) is 11.7 Å². The number of pyridine rings is 1. The number of hydrogen-bond donors (Lipinski definition) is 1. The molecule has 1 amide bonds. The number of halogens is 1. The molecule has 30 heavy (non-hydrogen) atoms. The monoisotopic (exact) mass is 426 g/mol. The Balaban J connectivity index is 1.31. The molecule has 1 aliphatic heterocycles. The quantitative estimate of drug-likeness (QED) is 0.414. The zero-order valence-electron chi connectivity index (χ0n) is 17.0. The first-order valence-electron chi connectivity index (χ1n) is 10.5. The van der Waals surface area contributed by atoms with Crippen LogP contribution in [0.25, 0.3) is 10.9 Å². The minimum atomic E-state index is -0.227. The molecule has 1 N–H and O–H groups in total. The first-order valence-corrected chi connectivity index (χ1v) is 11.5. The summed E-state index contributed by atoms with van der Waals surface area (Å²) in [5.74, 6) is 0.524. The first kappa shape index (κ1) is 20.9. The van der Waals surface area contributed by atoms with E-state index in [1.54, 1.807) is 30.1 Å². The number of likely N-dealkylation sites (tertiary alicyclic amines) is 1. The Kier molecular flexibility index (Phi) is 7.02. The van der Waals surface area contributed by atoms with Gasteiger partial charge >= 0.3 is 0 Å². The van der Waals surface area contributed by atoms with Gasteiger partial charge in [-0.05, 0) is 68.7 Å². The van der Waals surface area contributed by atoms with E-state index in [1.807, 2.05) is 22.9 Å². The van der Waals surface area contributed by atoms with E-state index in [0.29, 0.717) is 6.54 Å². The molecule has 0 bridgehead atoms. The number of carbonyl (C=O) groups is 1. The van der Waals surface area contributed by atoms with Gasteiger partial charge in [-0.2, -0.15) is 0 Å². The second-order valence-corrected chi connectivity index (χ2v) is 8.62. The van der Waals surface area contributed by atoms with Gasteiger partial charge in [-0.15, -0.1) is 11.8 Å². The molecule has 2 aromatic heterocycles. The van der Waals surface area contributed by atoms with Crippen LogP contribution in [0, 0.1) is 5.82 Å². The van der Waals surface area contributed by atoms with Crippen molar-refractivity contribution in [3.8, 4) is 0 Å². The number of carbonyl (C=O) groups excluding carboxylic acids is 1. The van der Waals surface area contributed by atoms with Gasteiger partial charge in [0, 0.05) is 30.1 Å². The molecule has 3 heterocycles. The Labute approximate surface area is 180 Å². The van der Waals surface area contributed by atoms with Crippen LogP contribution < -0.4 is 5.32 Å². The van der Waals surface area contributed by atoms with Crippen molar-refractivity contribution >= 4 is 28.6 Å². The van der Waals surface area contributed by atoms with E-state index >= 15 is 0 Å². The molecule has 3 aromatic rings. The summed E-state index contributed by atoms with van der Waals surface area (Å²) in [6.45, 7) is 4.47. The molecule has 0 radical (unpaired) electrons. The summed E-state index contributed by atoms with van der Waals surface area (Å²) in [6, 6.07) is 10.5. The topological polar surface area (TPSA) is 50.2 Å². The number of aromatic nitrogens is 2. The van der Waals surface area contributed by atoms with Gasteiger partial charge < -0.3 is 14.8 Å². The summed E-state index contributed by atoms with van der Waals surface area (Å²) in [5, 5.41) is 4.99. The highest BCUT2D eigenvalue weighted by Crippen LogP contribution is 2.29. The van der Waals surface area contributed by atoms with Crippen molar-refractivity contribution < 1.29 is 9.18 Å². The summed E-state index contributed by atoms with van der Waals surface area (Å²) in [7, 11) is 0. The van der Waals surface area contributed by atoms with E-state index < -0.39 is 0 Å². The van der Waals surface area contributed by atoms with Gasteiger partial charge in [0.25, 0.3) is 0 Å². The van der Waals surface area contributed by atoms with Gasteiger partial charge in [0.1, 0.15) is 17.4 Å². The molecule has 1 saturated heterocycles. The molecular formula is C23H27FN4OS. The second kappa shape index (κ2) is 10.1. The van der Waals surface area contributed by atoms with Crippen LogP contribution in [0.15, 0.2) is 53.8 Å². The van der Waals surface area contributed by atoms with Gasteiger partial charge in [0.2, 0.25) is 5.91 Å². The minimum absolute atomic E-state index is 0.0336. The van der Waals surface area contributed by atoms with Crippen molar-refractivity contribution in [1.82, 2.24) is 19.8 Å². The Morgan fingerprint density at radius 3 is 2.73 bits per heavy atom. The summed E-state index contributed by atoms with van der Waals surface area (Å²) in [4.78, 5) is 19.3. The SMILES string of the molecule is O=C(Cn1ccc2c(SCc3ccc(F)cc3)nccc21)NCCCN1CCCC1. The molecular weight excluding hydrogens is 399 g/mol. The van der Waals surface area contributed by atoms with E-state index in [4.69, 9.17) is 0 Å². The summed E-state index contributed by atoms with van der Waals surface area (Å²) in [5.41, 5.74) is 2.05. The van der Waals surface area contributed by atoms with Crippen LogP contribution in [-0.2, 0) is 17.1 Å². The van der Waals surface area contributed by atoms with Gasteiger partial charge in [0.05, 0.1) is 5.52 Å². The number of benzene rings is 1. The zero-order valence-corrected chi connectivity index (χ0v) is 17.8. The largest absolute Gasteiger partial charge is 0.355 e. The highest BCUT2D eigenvalue weighted by atomic mass is 32.2. The molecule has 0 unspecified atom stereocenters.